The first-order valence-corrected chi connectivity index (χ1v) is 5.04. The summed E-state index contributed by atoms with van der Waals surface area (Å²) >= 11 is 0. The van der Waals surface area contributed by atoms with Crippen LogP contribution >= 0.6 is 0 Å². The molecular weight excluding hydrogens is 208 g/mol. The number of aromatic nitrogens is 1. The molecule has 0 saturated heterocycles. The zero-order valence-electron chi connectivity index (χ0n) is 8.57. The van der Waals surface area contributed by atoms with Gasteiger partial charge >= 0.3 is 0 Å². The van der Waals surface area contributed by atoms with Crippen LogP contribution in [-0.2, 0) is 0 Å². The minimum Gasteiger partial charge on any atom is -0.289 e. The molecule has 1 aromatic heterocycles. The Hall–Kier alpha value is -1.84. The van der Waals surface area contributed by atoms with Crippen molar-refractivity contribution in [2.24, 2.45) is 0 Å². The fraction of sp³-hybridized carbons (Fsp3) is 0.250. The predicted molar refractivity (Wildman–Crippen MR) is 56.2 cm³/mol. The maximum absolute atomic E-state index is 12.0. The molecule has 0 spiro atoms. The van der Waals surface area contributed by atoms with Crippen LogP contribution in [0.3, 0.4) is 0 Å². The van der Waals surface area contributed by atoms with E-state index in [1.165, 1.54) is 12.3 Å². The third kappa shape index (κ3) is 1.78. The molecule has 0 aliphatic heterocycles. The highest BCUT2D eigenvalue weighted by atomic mass is 18.2. The van der Waals surface area contributed by atoms with Crippen molar-refractivity contribution < 1.29 is 14.0 Å². The van der Waals surface area contributed by atoms with E-state index in [2.05, 4.69) is 4.98 Å². The van der Waals surface area contributed by atoms with E-state index in [9.17, 15) is 14.0 Å². The van der Waals surface area contributed by atoms with Crippen molar-refractivity contribution in [2.45, 2.75) is 12.8 Å². The van der Waals surface area contributed by atoms with Crippen molar-refractivity contribution in [1.29, 1.82) is 0 Å². The number of hydrogen-bond acceptors (Lipinski definition) is 3. The molecule has 4 heteroatoms. The number of pyridine rings is 1. The van der Waals surface area contributed by atoms with E-state index in [0.717, 1.165) is 0 Å². The number of alkyl halides is 1. The van der Waals surface area contributed by atoms with E-state index < -0.39 is 6.67 Å². The van der Waals surface area contributed by atoms with Gasteiger partial charge in [-0.05, 0) is 31.1 Å². The van der Waals surface area contributed by atoms with Gasteiger partial charge in [-0.25, -0.2) is 0 Å². The van der Waals surface area contributed by atoms with Crippen molar-refractivity contribution >= 4 is 11.6 Å². The van der Waals surface area contributed by atoms with Gasteiger partial charge in [0.1, 0.15) is 5.69 Å². The quantitative estimate of drug-likeness (QED) is 0.780. The summed E-state index contributed by atoms with van der Waals surface area (Å²) in [6.45, 7) is -0.487. The first-order chi connectivity index (χ1) is 7.74. The van der Waals surface area contributed by atoms with Crippen molar-refractivity contribution in [3.05, 3.63) is 41.2 Å². The summed E-state index contributed by atoms with van der Waals surface area (Å²) in [4.78, 5) is 27.4. The SMILES string of the molecule is O=C1C(CCC[18F])=CC(=O)c2ncccc21. The van der Waals surface area contributed by atoms with Crippen LogP contribution < -0.4 is 0 Å². The molecule has 1 aromatic rings. The van der Waals surface area contributed by atoms with E-state index in [4.69, 9.17) is 0 Å². The number of allylic oxidation sites excluding steroid dienone is 2. The third-order valence-corrected chi connectivity index (χ3v) is 2.46. The molecule has 0 unspecified atom stereocenters. The Kier molecular flexibility index (Phi) is 2.90. The Morgan fingerprint density at radius 2 is 2.12 bits per heavy atom. The van der Waals surface area contributed by atoms with Gasteiger partial charge in [0.05, 0.1) is 12.2 Å². The second-order valence-electron chi connectivity index (χ2n) is 3.56. The second kappa shape index (κ2) is 4.35. The van der Waals surface area contributed by atoms with Gasteiger partial charge in [0.2, 0.25) is 5.78 Å². The number of fused-ring (bicyclic) bond motifs is 1. The number of carbonyl (C=O) groups is 2. The van der Waals surface area contributed by atoms with Crippen molar-refractivity contribution in [3.8, 4) is 0 Å². The number of nitrogens with zero attached hydrogens (tertiary/aromatic N) is 1. The molecule has 1 aliphatic carbocycles. The summed E-state index contributed by atoms with van der Waals surface area (Å²) in [6.07, 6.45) is 3.31. The molecule has 0 fully saturated rings. The van der Waals surface area contributed by atoms with Crippen LogP contribution in [0.1, 0.15) is 33.7 Å². The number of Topliss-reactive ketones (excluding diaryl/α,β-unsaturated/α-hetero) is 1. The number of hydrogen-bond donors (Lipinski definition) is 0. The molecule has 82 valence electrons. The second-order valence-corrected chi connectivity index (χ2v) is 3.56. The van der Waals surface area contributed by atoms with Gasteiger partial charge in [-0.3, -0.25) is 19.0 Å². The van der Waals surface area contributed by atoms with E-state index in [1.54, 1.807) is 12.1 Å². The maximum Gasteiger partial charge on any atom is 0.205 e. The summed E-state index contributed by atoms with van der Waals surface area (Å²) in [7, 11) is 0. The van der Waals surface area contributed by atoms with Crippen LogP contribution in [0.5, 0.6) is 0 Å². The standard InChI is InChI=1S/C12H10FNO2/c13-5-1-3-8-7-10(15)11-9(12(8)16)4-2-6-14-11/h2,4,6-7H,1,3,5H2/i13-1. The number of carbonyl (C=O) groups excluding carboxylic acids is 2. The average Bonchev–Trinajstić information content (AvgIpc) is 2.32. The van der Waals surface area contributed by atoms with E-state index in [-0.39, 0.29) is 23.7 Å². The third-order valence-electron chi connectivity index (χ3n) is 2.46. The fourth-order valence-corrected chi connectivity index (χ4v) is 1.69. The lowest BCUT2D eigenvalue weighted by Crippen LogP contribution is -2.18. The first kappa shape index (κ1) is 10.7. The number of halogens is 1. The predicted octanol–water partition coefficient (Wildman–Crippen LogP) is 2.14. The smallest absolute Gasteiger partial charge is 0.205 e. The van der Waals surface area contributed by atoms with Crippen LogP contribution in [0.4, 0.5) is 4.39 Å². The van der Waals surface area contributed by atoms with Crippen LogP contribution in [-0.4, -0.2) is 23.2 Å². The van der Waals surface area contributed by atoms with Gasteiger partial charge in [0.15, 0.2) is 5.78 Å². The Bertz CT molecular complexity index is 480. The normalized spacial score (nSPS) is 14.7. The highest BCUT2D eigenvalue weighted by Crippen LogP contribution is 2.22. The summed E-state index contributed by atoms with van der Waals surface area (Å²) in [6, 6.07) is 3.19. The summed E-state index contributed by atoms with van der Waals surface area (Å²) < 4.78 is 12.0. The molecule has 0 aromatic carbocycles. The minimum atomic E-state index is -0.487. The van der Waals surface area contributed by atoms with Crippen LogP contribution in [0.2, 0.25) is 0 Å². The summed E-state index contributed by atoms with van der Waals surface area (Å²) in [5, 5.41) is 0. The zero-order chi connectivity index (χ0) is 11.5. The van der Waals surface area contributed by atoms with Crippen molar-refractivity contribution in [3.63, 3.8) is 0 Å². The largest absolute Gasteiger partial charge is 0.289 e. The summed E-state index contributed by atoms with van der Waals surface area (Å²) in [5.74, 6) is -0.486. The van der Waals surface area contributed by atoms with Gasteiger partial charge in [-0.2, -0.15) is 0 Å². The molecule has 0 saturated carbocycles. The molecule has 0 bridgehead atoms. The van der Waals surface area contributed by atoms with E-state index >= 15 is 0 Å². The Labute approximate surface area is 92.0 Å². The van der Waals surface area contributed by atoms with Gasteiger partial charge in [0, 0.05) is 11.8 Å². The van der Waals surface area contributed by atoms with Gasteiger partial charge < -0.3 is 0 Å². The topological polar surface area (TPSA) is 47.0 Å². The molecule has 2 rings (SSSR count). The Balaban J connectivity index is 2.36. The van der Waals surface area contributed by atoms with Crippen molar-refractivity contribution in [1.82, 2.24) is 4.98 Å². The van der Waals surface area contributed by atoms with Crippen LogP contribution in [0.15, 0.2) is 30.0 Å². The molecule has 0 radical (unpaired) electrons. The highest BCUT2D eigenvalue weighted by molar-refractivity contribution is 6.23. The average molecular weight is 218 g/mol. The van der Waals surface area contributed by atoms with Gasteiger partial charge in [0.25, 0.3) is 0 Å². The number of rotatable bonds is 3. The van der Waals surface area contributed by atoms with Crippen LogP contribution in [0.25, 0.3) is 0 Å². The molecule has 16 heavy (non-hydrogen) atoms. The number of ketones is 2. The summed E-state index contributed by atoms with van der Waals surface area (Å²) in [5.41, 5.74) is 0.892. The van der Waals surface area contributed by atoms with Gasteiger partial charge in [-0.1, -0.05) is 0 Å². The molecule has 1 heterocycles. The lowest BCUT2D eigenvalue weighted by atomic mass is 9.91. The van der Waals surface area contributed by atoms with Crippen LogP contribution in [0, 0.1) is 0 Å². The molecule has 0 atom stereocenters. The fourth-order valence-electron chi connectivity index (χ4n) is 1.69. The van der Waals surface area contributed by atoms with E-state index in [0.29, 0.717) is 17.6 Å². The monoisotopic (exact) mass is 218 g/mol. The molecule has 0 amide bonds. The highest BCUT2D eigenvalue weighted by Gasteiger charge is 2.25. The maximum atomic E-state index is 12.0. The van der Waals surface area contributed by atoms with E-state index in [1.807, 2.05) is 0 Å². The lowest BCUT2D eigenvalue weighted by molar-refractivity contribution is 0.0977. The Morgan fingerprint density at radius 3 is 2.88 bits per heavy atom. The first-order valence-electron chi connectivity index (χ1n) is 5.04. The molecule has 1 aliphatic rings. The van der Waals surface area contributed by atoms with Gasteiger partial charge in [-0.15, -0.1) is 0 Å². The molecular formula is C12H10FNO2. The molecule has 3 nitrogen and oxygen atoms in total. The van der Waals surface area contributed by atoms with Crippen molar-refractivity contribution in [2.75, 3.05) is 6.67 Å². The zero-order valence-corrected chi connectivity index (χ0v) is 8.57. The molecule has 0 N–H and O–H groups in total. The lowest BCUT2D eigenvalue weighted by Gasteiger charge is -2.13. The Morgan fingerprint density at radius 1 is 1.31 bits per heavy atom. The minimum absolute atomic E-state index is 0.191.